The van der Waals surface area contributed by atoms with Gasteiger partial charge >= 0.3 is 0 Å². The van der Waals surface area contributed by atoms with E-state index in [1.54, 1.807) is 36.0 Å². The van der Waals surface area contributed by atoms with Gasteiger partial charge in [0.15, 0.2) is 5.11 Å². The number of thiocarbonyl (C=S) groups is 1. The number of rotatable bonds is 7. The second-order valence-electron chi connectivity index (χ2n) is 9.23. The summed E-state index contributed by atoms with van der Waals surface area (Å²) >= 11 is 8.44. The molecule has 0 aromatic heterocycles. The Hall–Kier alpha value is -3.47. The average Bonchev–Trinajstić information content (AvgIpc) is 2.93. The third-order valence-electron chi connectivity index (χ3n) is 6.51. The van der Waals surface area contributed by atoms with Crippen LogP contribution in [0, 0.1) is 10.1 Å². The predicted molar refractivity (Wildman–Crippen MR) is 159 cm³/mol. The topological polar surface area (TPSA) is 92.6 Å². The summed E-state index contributed by atoms with van der Waals surface area (Å²) in [4.78, 5) is 41.6. The van der Waals surface area contributed by atoms with Crippen LogP contribution in [0.4, 0.5) is 11.4 Å². The van der Waals surface area contributed by atoms with Crippen molar-refractivity contribution in [2.24, 2.45) is 0 Å². The minimum absolute atomic E-state index is 0.0178. The Kier molecular flexibility index (Phi) is 8.44. The number of hydrogen-bond acceptors (Lipinski definition) is 7. The largest absolute Gasteiger partial charge is 0.298 e. The third kappa shape index (κ3) is 6.41. The van der Waals surface area contributed by atoms with Gasteiger partial charge in [-0.05, 0) is 79.2 Å². The average molecular weight is 576 g/mol. The van der Waals surface area contributed by atoms with Crippen LogP contribution < -0.4 is 10.2 Å². The van der Waals surface area contributed by atoms with Crippen molar-refractivity contribution >= 4 is 70.1 Å². The van der Waals surface area contributed by atoms with Crippen LogP contribution in [0.15, 0.2) is 93.1 Å². The first-order chi connectivity index (χ1) is 18.9. The summed E-state index contributed by atoms with van der Waals surface area (Å²) in [7, 11) is 0. The molecule has 0 spiro atoms. The van der Waals surface area contributed by atoms with Crippen molar-refractivity contribution in [1.29, 1.82) is 0 Å². The Morgan fingerprint density at radius 3 is 2.33 bits per heavy atom. The van der Waals surface area contributed by atoms with Crippen LogP contribution in [0.1, 0.15) is 37.7 Å². The molecule has 2 aliphatic rings. The van der Waals surface area contributed by atoms with Crippen molar-refractivity contribution < 1.29 is 14.5 Å². The second kappa shape index (κ2) is 12.1. The number of anilines is 1. The summed E-state index contributed by atoms with van der Waals surface area (Å²) in [5.41, 5.74) is 0.741. The Morgan fingerprint density at radius 2 is 1.64 bits per heavy atom. The Labute approximate surface area is 240 Å². The highest BCUT2D eigenvalue weighted by molar-refractivity contribution is 8.00. The molecule has 39 heavy (non-hydrogen) atoms. The first kappa shape index (κ1) is 27.1. The number of carbonyl (C=O) groups is 2. The second-order valence-corrected chi connectivity index (χ2v) is 12.1. The maximum atomic E-state index is 13.4. The van der Waals surface area contributed by atoms with Crippen molar-refractivity contribution in [3.05, 3.63) is 94.0 Å². The molecule has 2 fully saturated rings. The molecular weight excluding hydrogens is 551 g/mol. The molecule has 0 atom stereocenters. The van der Waals surface area contributed by atoms with E-state index in [0.717, 1.165) is 35.5 Å². The number of nitro groups is 1. The van der Waals surface area contributed by atoms with Crippen LogP contribution in [-0.4, -0.2) is 27.1 Å². The maximum Gasteiger partial charge on any atom is 0.283 e. The summed E-state index contributed by atoms with van der Waals surface area (Å²) in [5, 5.41) is 14.8. The highest BCUT2D eigenvalue weighted by Gasteiger charge is 2.34. The number of nitrogens with zero attached hydrogens (tertiary/aromatic N) is 2. The minimum Gasteiger partial charge on any atom is -0.298 e. The zero-order valence-electron chi connectivity index (χ0n) is 20.9. The predicted octanol–water partition coefficient (Wildman–Crippen LogP) is 7.00. The van der Waals surface area contributed by atoms with Gasteiger partial charge in [0, 0.05) is 21.1 Å². The molecular formula is C29H25N3O4S3. The first-order valence-corrected chi connectivity index (χ1v) is 14.7. The SMILES string of the molecule is O=C1NC(=S)N(c2ccc(Sc3ccccc3)cc2)C(=O)C1=Cc1ccc(SC2CCCCC2)c([N+](=O)[O-])c1. The summed E-state index contributed by atoms with van der Waals surface area (Å²) in [6.45, 7) is 0. The molecule has 2 amide bonds. The fourth-order valence-electron chi connectivity index (χ4n) is 4.58. The van der Waals surface area contributed by atoms with Crippen LogP contribution in [0.2, 0.25) is 0 Å². The third-order valence-corrected chi connectivity index (χ3v) is 9.22. The van der Waals surface area contributed by atoms with Gasteiger partial charge in [0.2, 0.25) is 0 Å². The molecule has 0 radical (unpaired) electrons. The Morgan fingerprint density at radius 1 is 0.949 bits per heavy atom. The van der Waals surface area contributed by atoms with Crippen molar-refractivity contribution in [2.75, 3.05) is 4.90 Å². The standard InChI is InChI=1S/C29H25N3O4S3/c33-27-24(17-19-11-16-26(25(18-19)32(35)36)39-22-9-5-2-6-10-22)28(34)31(29(37)30-27)20-12-14-23(15-13-20)38-21-7-3-1-4-8-21/h1,3-4,7-8,11-18,22H,2,5-6,9-10H2,(H,30,33,37). The summed E-state index contributed by atoms with van der Waals surface area (Å²) in [6.07, 6.45) is 6.96. The summed E-state index contributed by atoms with van der Waals surface area (Å²) in [6, 6.07) is 22.1. The lowest BCUT2D eigenvalue weighted by molar-refractivity contribution is -0.387. The monoisotopic (exact) mass is 575 g/mol. The van der Waals surface area contributed by atoms with Gasteiger partial charge in [-0.15, -0.1) is 11.8 Å². The van der Waals surface area contributed by atoms with Gasteiger partial charge < -0.3 is 0 Å². The number of nitrogens with one attached hydrogen (secondary N) is 1. The Balaban J connectivity index is 1.38. The van der Waals surface area contributed by atoms with E-state index >= 15 is 0 Å². The Bertz CT molecular complexity index is 1450. The first-order valence-electron chi connectivity index (χ1n) is 12.6. The number of hydrogen-bond donors (Lipinski definition) is 1. The van der Waals surface area contributed by atoms with Crippen molar-refractivity contribution in [3.63, 3.8) is 0 Å². The zero-order chi connectivity index (χ0) is 27.4. The molecule has 1 aliphatic carbocycles. The molecule has 1 aliphatic heterocycles. The summed E-state index contributed by atoms with van der Waals surface area (Å²) in [5.74, 6) is -1.23. The van der Waals surface area contributed by atoms with Crippen LogP contribution in [0.5, 0.6) is 0 Å². The molecule has 3 aromatic rings. The molecule has 7 nitrogen and oxygen atoms in total. The smallest absolute Gasteiger partial charge is 0.283 e. The van der Waals surface area contributed by atoms with Gasteiger partial charge in [0.1, 0.15) is 5.57 Å². The van der Waals surface area contributed by atoms with E-state index < -0.39 is 16.7 Å². The summed E-state index contributed by atoms with van der Waals surface area (Å²) < 4.78 is 0. The number of thioether (sulfide) groups is 1. The van der Waals surface area contributed by atoms with E-state index in [1.165, 1.54) is 35.2 Å². The van der Waals surface area contributed by atoms with Crippen molar-refractivity contribution in [1.82, 2.24) is 5.32 Å². The van der Waals surface area contributed by atoms with E-state index in [2.05, 4.69) is 5.32 Å². The maximum absolute atomic E-state index is 13.4. The highest BCUT2D eigenvalue weighted by Crippen LogP contribution is 2.39. The van der Waals surface area contributed by atoms with Crippen LogP contribution >= 0.6 is 35.7 Å². The number of amides is 2. The number of carbonyl (C=O) groups excluding carboxylic acids is 2. The van der Waals surface area contributed by atoms with Gasteiger partial charge in [-0.2, -0.15) is 0 Å². The van der Waals surface area contributed by atoms with Gasteiger partial charge in [-0.25, -0.2) is 0 Å². The molecule has 0 unspecified atom stereocenters. The molecule has 0 bridgehead atoms. The van der Waals surface area contributed by atoms with Crippen LogP contribution in [0.25, 0.3) is 6.08 Å². The van der Waals surface area contributed by atoms with E-state index in [1.807, 2.05) is 42.5 Å². The zero-order valence-corrected chi connectivity index (χ0v) is 23.3. The number of nitro benzene ring substituents is 1. The lowest BCUT2D eigenvalue weighted by Crippen LogP contribution is -2.54. The minimum atomic E-state index is -0.638. The van der Waals surface area contributed by atoms with Crippen molar-refractivity contribution in [3.8, 4) is 0 Å². The van der Waals surface area contributed by atoms with E-state index in [4.69, 9.17) is 12.2 Å². The van der Waals surface area contributed by atoms with Gasteiger partial charge in [-0.3, -0.25) is 29.9 Å². The highest BCUT2D eigenvalue weighted by atomic mass is 32.2. The van der Waals surface area contributed by atoms with Crippen molar-refractivity contribution in [2.45, 2.75) is 52.0 Å². The lowest BCUT2D eigenvalue weighted by atomic mass is 10.0. The quantitative estimate of drug-likeness (QED) is 0.107. The van der Waals surface area contributed by atoms with Crippen LogP contribution in [0.3, 0.4) is 0 Å². The van der Waals surface area contributed by atoms with Gasteiger partial charge in [0.25, 0.3) is 17.5 Å². The van der Waals surface area contributed by atoms with Crippen LogP contribution in [-0.2, 0) is 9.59 Å². The molecule has 3 aromatic carbocycles. The molecule has 1 saturated carbocycles. The van der Waals surface area contributed by atoms with Gasteiger partial charge in [-0.1, -0.05) is 55.3 Å². The molecule has 1 saturated heterocycles. The fraction of sp³-hybridized carbons (Fsp3) is 0.207. The molecule has 1 N–H and O–H groups in total. The normalized spacial score (nSPS) is 17.4. The van der Waals surface area contributed by atoms with Gasteiger partial charge in [0.05, 0.1) is 15.5 Å². The van der Waals surface area contributed by atoms with E-state index in [0.29, 0.717) is 21.4 Å². The number of benzene rings is 3. The van der Waals surface area contributed by atoms with E-state index in [-0.39, 0.29) is 16.4 Å². The lowest BCUT2D eigenvalue weighted by Gasteiger charge is -2.29. The molecule has 1 heterocycles. The molecule has 198 valence electrons. The van der Waals surface area contributed by atoms with E-state index in [9.17, 15) is 19.7 Å². The molecule has 5 rings (SSSR count). The fourth-order valence-corrected chi connectivity index (χ4v) is 7.02. The molecule has 10 heteroatoms.